The van der Waals surface area contributed by atoms with Crippen LogP contribution in [0.3, 0.4) is 0 Å². The summed E-state index contributed by atoms with van der Waals surface area (Å²) in [6, 6.07) is 52.8. The predicted octanol–water partition coefficient (Wildman–Crippen LogP) is 12.2. The summed E-state index contributed by atoms with van der Waals surface area (Å²) in [7, 11) is 0. The van der Waals surface area contributed by atoms with E-state index in [0.717, 1.165) is 11.8 Å². The quantitative estimate of drug-likeness (QED) is 0.193. The number of hydrogen-bond donors (Lipinski definition) is 0. The minimum Gasteiger partial charge on any atom is -0.310 e. The molecule has 3 unspecified atom stereocenters. The van der Waals surface area contributed by atoms with Crippen molar-refractivity contribution >= 4 is 17.1 Å². The molecule has 2 fully saturated rings. The van der Waals surface area contributed by atoms with Crippen molar-refractivity contribution < 1.29 is 0 Å². The van der Waals surface area contributed by atoms with Gasteiger partial charge in [0.25, 0.3) is 0 Å². The molecule has 0 heterocycles. The van der Waals surface area contributed by atoms with Crippen molar-refractivity contribution in [1.29, 1.82) is 0 Å². The average Bonchev–Trinajstić information content (AvgIpc) is 3.86. The van der Waals surface area contributed by atoms with Gasteiger partial charge in [0.05, 0.1) is 5.69 Å². The fraction of sp³-hybridized carbons (Fsp3) is 0.217. The van der Waals surface area contributed by atoms with Crippen LogP contribution in [0.15, 0.2) is 140 Å². The van der Waals surface area contributed by atoms with E-state index in [9.17, 15) is 0 Å². The van der Waals surface area contributed by atoms with Crippen molar-refractivity contribution in [3.63, 3.8) is 0 Å². The van der Waals surface area contributed by atoms with Crippen molar-refractivity contribution in [2.45, 2.75) is 50.4 Å². The van der Waals surface area contributed by atoms with Crippen LogP contribution in [0.25, 0.3) is 33.4 Å². The normalized spacial score (nSPS) is 22.2. The first-order valence-corrected chi connectivity index (χ1v) is 17.5. The Morgan fingerprint density at radius 1 is 0.511 bits per heavy atom. The molecule has 0 N–H and O–H groups in total. The van der Waals surface area contributed by atoms with Crippen molar-refractivity contribution in [2.75, 3.05) is 4.90 Å². The lowest BCUT2D eigenvalue weighted by Crippen LogP contribution is -2.32. The first kappa shape index (κ1) is 27.3. The number of fused-ring (bicyclic) bond motifs is 11. The molecule has 1 nitrogen and oxygen atoms in total. The maximum absolute atomic E-state index is 2.59. The van der Waals surface area contributed by atoms with Crippen LogP contribution >= 0.6 is 0 Å². The van der Waals surface area contributed by atoms with Gasteiger partial charge < -0.3 is 4.90 Å². The zero-order valence-corrected chi connectivity index (χ0v) is 27.2. The molecule has 0 aliphatic heterocycles. The van der Waals surface area contributed by atoms with E-state index in [0.29, 0.717) is 0 Å². The van der Waals surface area contributed by atoms with Gasteiger partial charge in [0.15, 0.2) is 0 Å². The molecule has 0 aromatic heterocycles. The van der Waals surface area contributed by atoms with Gasteiger partial charge in [-0.05, 0) is 112 Å². The lowest BCUT2D eigenvalue weighted by molar-refractivity contribution is 0.327. The highest BCUT2D eigenvalue weighted by atomic mass is 15.1. The van der Waals surface area contributed by atoms with Crippen LogP contribution in [-0.2, 0) is 10.8 Å². The molecule has 1 spiro atoms. The summed E-state index contributed by atoms with van der Waals surface area (Å²) in [5.74, 6) is 1.58. The predicted molar refractivity (Wildman–Crippen MR) is 196 cm³/mol. The minimum absolute atomic E-state index is 0.0231. The van der Waals surface area contributed by atoms with Gasteiger partial charge in [0.2, 0.25) is 0 Å². The van der Waals surface area contributed by atoms with Crippen molar-refractivity contribution in [3.05, 3.63) is 162 Å². The summed E-state index contributed by atoms with van der Waals surface area (Å²) in [5, 5.41) is 0. The molecule has 3 atom stereocenters. The molecular formula is C46H39N. The third-order valence-corrected chi connectivity index (χ3v) is 12.3. The number of para-hydroxylation sites is 1. The van der Waals surface area contributed by atoms with Crippen LogP contribution in [0.2, 0.25) is 0 Å². The number of rotatable bonds is 4. The second-order valence-corrected chi connectivity index (χ2v) is 14.9. The van der Waals surface area contributed by atoms with E-state index >= 15 is 0 Å². The topological polar surface area (TPSA) is 3.24 Å². The molecule has 2 bridgehead atoms. The molecule has 0 amide bonds. The Morgan fingerprint density at radius 3 is 1.89 bits per heavy atom. The lowest BCUT2D eigenvalue weighted by Gasteiger charge is -2.37. The Balaban J connectivity index is 1.22. The third kappa shape index (κ3) is 3.72. The zero-order chi connectivity index (χ0) is 31.3. The highest BCUT2D eigenvalue weighted by molar-refractivity contribution is 5.93. The van der Waals surface area contributed by atoms with E-state index < -0.39 is 0 Å². The van der Waals surface area contributed by atoms with Gasteiger partial charge in [-0.2, -0.15) is 0 Å². The number of benzene rings is 6. The third-order valence-electron chi connectivity index (χ3n) is 12.3. The molecule has 4 aliphatic rings. The Labute approximate surface area is 278 Å². The fourth-order valence-corrected chi connectivity index (χ4v) is 10.3. The van der Waals surface area contributed by atoms with Gasteiger partial charge in [0, 0.05) is 27.8 Å². The molecule has 47 heavy (non-hydrogen) atoms. The Hall–Kier alpha value is -4.88. The second kappa shape index (κ2) is 9.81. The maximum Gasteiger partial charge on any atom is 0.0540 e. The molecule has 1 heteroatoms. The van der Waals surface area contributed by atoms with Crippen LogP contribution in [0.1, 0.15) is 61.8 Å². The summed E-state index contributed by atoms with van der Waals surface area (Å²) < 4.78 is 0. The van der Waals surface area contributed by atoms with Gasteiger partial charge in [-0.3, -0.25) is 0 Å². The summed E-state index contributed by atoms with van der Waals surface area (Å²) in [6.07, 6.45) is 5.41. The van der Waals surface area contributed by atoms with Gasteiger partial charge in [-0.25, -0.2) is 0 Å². The van der Waals surface area contributed by atoms with E-state index in [1.165, 1.54) is 87.3 Å². The Kier molecular flexibility index (Phi) is 5.69. The van der Waals surface area contributed by atoms with E-state index in [-0.39, 0.29) is 10.8 Å². The number of anilines is 3. The lowest BCUT2D eigenvalue weighted by atomic mass is 9.67. The zero-order valence-electron chi connectivity index (χ0n) is 27.2. The minimum atomic E-state index is -0.0231. The molecule has 6 aromatic rings. The van der Waals surface area contributed by atoms with Crippen LogP contribution in [0.5, 0.6) is 0 Å². The van der Waals surface area contributed by atoms with Crippen LogP contribution in [0.4, 0.5) is 17.1 Å². The summed E-state index contributed by atoms with van der Waals surface area (Å²) in [6.45, 7) is 4.74. The largest absolute Gasteiger partial charge is 0.310 e. The van der Waals surface area contributed by atoms with Gasteiger partial charge in [-0.15, -0.1) is 0 Å². The molecule has 0 saturated heterocycles. The highest BCUT2D eigenvalue weighted by Gasteiger charge is 2.56. The molecule has 0 radical (unpaired) electrons. The smallest absolute Gasteiger partial charge is 0.0540 e. The summed E-state index contributed by atoms with van der Waals surface area (Å²) >= 11 is 0. The molecule has 228 valence electrons. The maximum atomic E-state index is 2.59. The summed E-state index contributed by atoms with van der Waals surface area (Å²) in [4.78, 5) is 2.54. The summed E-state index contributed by atoms with van der Waals surface area (Å²) in [5.41, 5.74) is 17.8. The molecule has 10 rings (SSSR count). The van der Waals surface area contributed by atoms with E-state index in [2.05, 4.69) is 158 Å². The van der Waals surface area contributed by atoms with Gasteiger partial charge in [0.1, 0.15) is 0 Å². The monoisotopic (exact) mass is 605 g/mol. The fourth-order valence-electron chi connectivity index (χ4n) is 10.3. The van der Waals surface area contributed by atoms with Crippen molar-refractivity contribution in [3.8, 4) is 33.4 Å². The second-order valence-electron chi connectivity index (χ2n) is 14.9. The standard InChI is InChI=1S/C46H39N/c1-45(2)40-17-9-6-16-37(40)39-27-33(23-25-41(39)45)47(44-19-11-8-14-35(44)31-12-4-3-5-13-31)34-22-24-38-36-15-7-10-18-42(36)46(43(38)28-34)29-30-20-21-32(46)26-30/h3-19,22-25,27-28,30,32H,20-21,26,29H2,1-2H3. The first-order chi connectivity index (χ1) is 23.0. The molecular weight excluding hydrogens is 567 g/mol. The molecule has 2 saturated carbocycles. The van der Waals surface area contributed by atoms with Crippen LogP contribution in [0, 0.1) is 11.8 Å². The molecule has 6 aromatic carbocycles. The number of hydrogen-bond acceptors (Lipinski definition) is 1. The number of nitrogens with zero attached hydrogens (tertiary/aromatic N) is 1. The van der Waals surface area contributed by atoms with E-state index in [1.54, 1.807) is 11.1 Å². The van der Waals surface area contributed by atoms with Gasteiger partial charge >= 0.3 is 0 Å². The SMILES string of the molecule is CC1(C)c2ccccc2-c2cc(N(c3ccc4c(c3)C3(CC5CCC3C5)c3ccccc3-4)c3ccccc3-c3ccccc3)ccc21. The van der Waals surface area contributed by atoms with Crippen LogP contribution < -0.4 is 4.90 Å². The Bertz CT molecular complexity index is 2210. The first-order valence-electron chi connectivity index (χ1n) is 17.5. The molecule has 4 aliphatic carbocycles. The van der Waals surface area contributed by atoms with Crippen molar-refractivity contribution in [2.24, 2.45) is 11.8 Å². The van der Waals surface area contributed by atoms with Gasteiger partial charge in [-0.1, -0.05) is 129 Å². The van der Waals surface area contributed by atoms with E-state index in [4.69, 9.17) is 0 Å². The van der Waals surface area contributed by atoms with Crippen molar-refractivity contribution in [1.82, 2.24) is 0 Å². The van der Waals surface area contributed by atoms with E-state index in [1.807, 2.05) is 0 Å². The Morgan fingerprint density at radius 2 is 1.13 bits per heavy atom. The highest BCUT2D eigenvalue weighted by Crippen LogP contribution is 2.66. The average molecular weight is 606 g/mol. The van der Waals surface area contributed by atoms with Crippen LogP contribution in [-0.4, -0.2) is 0 Å².